The second kappa shape index (κ2) is 7.93. The highest BCUT2D eigenvalue weighted by Crippen LogP contribution is 2.22. The summed E-state index contributed by atoms with van der Waals surface area (Å²) in [7, 11) is -3.14. The Morgan fingerprint density at radius 1 is 1.17 bits per heavy atom. The van der Waals surface area contributed by atoms with Crippen LogP contribution in [0.15, 0.2) is 30.3 Å². The van der Waals surface area contributed by atoms with E-state index in [4.69, 9.17) is 0 Å². The van der Waals surface area contributed by atoms with Gasteiger partial charge < -0.3 is 4.90 Å². The van der Waals surface area contributed by atoms with Gasteiger partial charge in [0.1, 0.15) is 0 Å². The van der Waals surface area contributed by atoms with Crippen LogP contribution in [0.25, 0.3) is 0 Å². The average Bonchev–Trinajstić information content (AvgIpc) is 2.60. The highest BCUT2D eigenvalue weighted by molar-refractivity contribution is 7.89. The van der Waals surface area contributed by atoms with E-state index >= 15 is 0 Å². The molecular weight excluding hydrogens is 312 g/mol. The largest absolute Gasteiger partial charge is 0.338 e. The number of nitrogens with zero attached hydrogens (tertiary/aromatic N) is 2. The Balaban J connectivity index is 1.95. The molecule has 1 amide bonds. The molecule has 0 aliphatic carbocycles. The van der Waals surface area contributed by atoms with E-state index in [1.807, 2.05) is 42.2 Å². The van der Waals surface area contributed by atoms with Crippen LogP contribution in [0, 0.1) is 5.92 Å². The summed E-state index contributed by atoms with van der Waals surface area (Å²) in [5, 5.41) is 0. The fraction of sp³-hybridized carbons (Fsp3) is 0.588. The Bertz CT molecular complexity index is 608. The van der Waals surface area contributed by atoms with Gasteiger partial charge in [0.15, 0.2) is 0 Å². The minimum absolute atomic E-state index is 0.0676. The first-order chi connectivity index (χ1) is 11.0. The summed E-state index contributed by atoms with van der Waals surface area (Å²) in [6.45, 7) is 5.83. The predicted octanol–water partition coefficient (Wildman–Crippen LogP) is 2.10. The van der Waals surface area contributed by atoms with Gasteiger partial charge in [0.05, 0.1) is 5.75 Å². The molecule has 1 heterocycles. The molecule has 0 N–H and O–H groups in total. The molecule has 0 aromatic heterocycles. The summed E-state index contributed by atoms with van der Waals surface area (Å²) in [6.07, 6.45) is 1.23. The number of hydrogen-bond acceptors (Lipinski definition) is 3. The second-order valence-electron chi connectivity index (χ2n) is 5.91. The standard InChI is InChI=1S/C17H26N2O3S/c1-3-18(14-15-8-6-5-7-9-15)17(20)16-10-12-19(13-11-16)23(21,22)4-2/h5-9,16H,3-4,10-14H2,1-2H3. The van der Waals surface area contributed by atoms with Crippen molar-refractivity contribution in [2.24, 2.45) is 5.92 Å². The molecule has 128 valence electrons. The number of carbonyl (C=O) groups is 1. The molecule has 1 aliphatic rings. The van der Waals surface area contributed by atoms with Crippen molar-refractivity contribution in [3.8, 4) is 0 Å². The minimum Gasteiger partial charge on any atom is -0.338 e. The maximum absolute atomic E-state index is 12.7. The molecule has 5 nitrogen and oxygen atoms in total. The summed E-state index contributed by atoms with van der Waals surface area (Å²) in [6, 6.07) is 9.95. The Morgan fingerprint density at radius 3 is 2.30 bits per heavy atom. The zero-order chi connectivity index (χ0) is 16.9. The second-order valence-corrected chi connectivity index (χ2v) is 8.17. The van der Waals surface area contributed by atoms with E-state index < -0.39 is 10.0 Å². The summed E-state index contributed by atoms with van der Waals surface area (Å²) in [5.74, 6) is 0.202. The number of benzene rings is 1. The minimum atomic E-state index is -3.14. The maximum atomic E-state index is 12.7. The van der Waals surface area contributed by atoms with Gasteiger partial charge in [-0.25, -0.2) is 12.7 Å². The monoisotopic (exact) mass is 338 g/mol. The smallest absolute Gasteiger partial charge is 0.226 e. The number of carbonyl (C=O) groups excluding carboxylic acids is 1. The van der Waals surface area contributed by atoms with Gasteiger partial charge in [0, 0.05) is 32.1 Å². The molecule has 2 rings (SSSR count). The molecule has 1 aromatic rings. The van der Waals surface area contributed by atoms with E-state index in [9.17, 15) is 13.2 Å². The van der Waals surface area contributed by atoms with Crippen molar-refractivity contribution in [1.29, 1.82) is 0 Å². The molecule has 1 aliphatic heterocycles. The van der Waals surface area contributed by atoms with Gasteiger partial charge in [-0.3, -0.25) is 4.79 Å². The predicted molar refractivity (Wildman–Crippen MR) is 91.3 cm³/mol. The normalized spacial score (nSPS) is 17.1. The molecule has 0 radical (unpaired) electrons. The molecule has 1 saturated heterocycles. The van der Waals surface area contributed by atoms with Crippen LogP contribution in [0.1, 0.15) is 32.3 Å². The van der Waals surface area contributed by atoms with Gasteiger partial charge in [0.25, 0.3) is 0 Å². The number of rotatable bonds is 6. The first-order valence-corrected chi connectivity index (χ1v) is 9.89. The molecule has 6 heteroatoms. The molecule has 0 spiro atoms. The number of amides is 1. The molecule has 1 aromatic carbocycles. The van der Waals surface area contributed by atoms with Gasteiger partial charge in [-0.1, -0.05) is 30.3 Å². The Kier molecular flexibility index (Phi) is 6.18. The Hall–Kier alpha value is -1.40. The number of piperidine rings is 1. The van der Waals surface area contributed by atoms with Gasteiger partial charge in [-0.15, -0.1) is 0 Å². The van der Waals surface area contributed by atoms with E-state index in [0.29, 0.717) is 39.0 Å². The van der Waals surface area contributed by atoms with Crippen LogP contribution in [-0.2, 0) is 21.4 Å². The third-order valence-corrected chi connectivity index (χ3v) is 6.35. The molecule has 0 saturated carbocycles. The average molecular weight is 338 g/mol. The highest BCUT2D eigenvalue weighted by Gasteiger charge is 2.31. The van der Waals surface area contributed by atoms with Crippen molar-refractivity contribution >= 4 is 15.9 Å². The van der Waals surface area contributed by atoms with Gasteiger partial charge in [-0.05, 0) is 32.3 Å². The summed E-state index contributed by atoms with van der Waals surface area (Å²) < 4.78 is 25.3. The van der Waals surface area contributed by atoms with Gasteiger partial charge >= 0.3 is 0 Å². The van der Waals surface area contributed by atoms with Crippen molar-refractivity contribution in [3.05, 3.63) is 35.9 Å². The first-order valence-electron chi connectivity index (χ1n) is 8.28. The molecule has 23 heavy (non-hydrogen) atoms. The van der Waals surface area contributed by atoms with Crippen LogP contribution in [-0.4, -0.2) is 48.9 Å². The number of sulfonamides is 1. The van der Waals surface area contributed by atoms with E-state index in [0.717, 1.165) is 5.56 Å². The zero-order valence-electron chi connectivity index (χ0n) is 13.9. The summed E-state index contributed by atoms with van der Waals surface area (Å²) >= 11 is 0. The van der Waals surface area contributed by atoms with Crippen molar-refractivity contribution < 1.29 is 13.2 Å². The lowest BCUT2D eigenvalue weighted by Gasteiger charge is -2.33. The van der Waals surface area contributed by atoms with E-state index in [2.05, 4.69) is 0 Å². The molecule has 0 atom stereocenters. The fourth-order valence-corrected chi connectivity index (χ4v) is 4.10. The van der Waals surface area contributed by atoms with Crippen LogP contribution < -0.4 is 0 Å². The lowest BCUT2D eigenvalue weighted by Crippen LogP contribution is -2.44. The topological polar surface area (TPSA) is 57.7 Å². The summed E-state index contributed by atoms with van der Waals surface area (Å²) in [5.41, 5.74) is 1.12. The van der Waals surface area contributed by atoms with Gasteiger partial charge in [-0.2, -0.15) is 0 Å². The van der Waals surface area contributed by atoms with E-state index in [1.165, 1.54) is 4.31 Å². The summed E-state index contributed by atoms with van der Waals surface area (Å²) in [4.78, 5) is 14.6. The molecular formula is C17H26N2O3S. The van der Waals surface area contributed by atoms with E-state index in [-0.39, 0.29) is 17.6 Å². The van der Waals surface area contributed by atoms with Crippen LogP contribution in [0.3, 0.4) is 0 Å². The van der Waals surface area contributed by atoms with Crippen molar-refractivity contribution in [1.82, 2.24) is 9.21 Å². The number of hydrogen-bond donors (Lipinski definition) is 0. The SMILES string of the molecule is CCN(Cc1ccccc1)C(=O)C1CCN(S(=O)(=O)CC)CC1. The third-order valence-electron chi connectivity index (χ3n) is 4.47. The molecule has 0 unspecified atom stereocenters. The lowest BCUT2D eigenvalue weighted by molar-refractivity contribution is -0.137. The molecule has 1 fully saturated rings. The van der Waals surface area contributed by atoms with Crippen molar-refractivity contribution in [2.75, 3.05) is 25.4 Å². The highest BCUT2D eigenvalue weighted by atomic mass is 32.2. The van der Waals surface area contributed by atoms with Crippen molar-refractivity contribution in [2.45, 2.75) is 33.2 Å². The third kappa shape index (κ3) is 4.54. The fourth-order valence-electron chi connectivity index (χ4n) is 2.97. The van der Waals surface area contributed by atoms with Crippen molar-refractivity contribution in [3.63, 3.8) is 0 Å². The zero-order valence-corrected chi connectivity index (χ0v) is 14.8. The van der Waals surface area contributed by atoms with Gasteiger partial charge in [0.2, 0.25) is 15.9 Å². The quantitative estimate of drug-likeness (QED) is 0.798. The van der Waals surface area contributed by atoms with E-state index in [1.54, 1.807) is 6.92 Å². The van der Waals surface area contributed by atoms with Crippen LogP contribution in [0.2, 0.25) is 0 Å². The Morgan fingerprint density at radius 2 is 1.78 bits per heavy atom. The molecule has 0 bridgehead atoms. The lowest BCUT2D eigenvalue weighted by atomic mass is 9.96. The first kappa shape index (κ1) is 17.9. The van der Waals surface area contributed by atoms with Crippen LogP contribution in [0.5, 0.6) is 0 Å². The van der Waals surface area contributed by atoms with Crippen LogP contribution >= 0.6 is 0 Å². The van der Waals surface area contributed by atoms with Crippen LogP contribution in [0.4, 0.5) is 0 Å². The maximum Gasteiger partial charge on any atom is 0.226 e. The Labute approximate surface area is 139 Å².